The number of piperazine rings is 1. The molecule has 142 valence electrons. The van der Waals surface area contributed by atoms with Crippen molar-refractivity contribution in [2.75, 3.05) is 26.2 Å². The Morgan fingerprint density at radius 2 is 1.71 bits per heavy atom. The SMILES string of the molecule is O=C(c1ccoc1)N1CCN(C(=O)c2cc3c(s2)-c2ccccc2OC3)CC1. The van der Waals surface area contributed by atoms with Crippen molar-refractivity contribution in [1.82, 2.24) is 9.80 Å². The van der Waals surface area contributed by atoms with Gasteiger partial charge in [-0.3, -0.25) is 9.59 Å². The second-order valence-electron chi connectivity index (χ2n) is 6.85. The Balaban J connectivity index is 1.30. The van der Waals surface area contributed by atoms with E-state index in [0.717, 1.165) is 26.6 Å². The monoisotopic (exact) mass is 394 g/mol. The van der Waals surface area contributed by atoms with Gasteiger partial charge in [-0.15, -0.1) is 11.3 Å². The van der Waals surface area contributed by atoms with Crippen LogP contribution in [-0.2, 0) is 6.61 Å². The van der Waals surface area contributed by atoms with Gasteiger partial charge >= 0.3 is 0 Å². The first-order valence-corrected chi connectivity index (χ1v) is 9.98. The third-order valence-corrected chi connectivity index (χ3v) is 6.36. The van der Waals surface area contributed by atoms with Crippen LogP contribution in [-0.4, -0.2) is 47.8 Å². The summed E-state index contributed by atoms with van der Waals surface area (Å²) in [5.74, 6) is 0.829. The predicted octanol–water partition coefficient (Wildman–Crippen LogP) is 3.50. The van der Waals surface area contributed by atoms with E-state index in [1.165, 1.54) is 23.9 Å². The lowest BCUT2D eigenvalue weighted by atomic mass is 10.1. The zero-order chi connectivity index (χ0) is 19.1. The van der Waals surface area contributed by atoms with Crippen molar-refractivity contribution in [2.24, 2.45) is 0 Å². The summed E-state index contributed by atoms with van der Waals surface area (Å²) in [6.45, 7) is 2.58. The maximum Gasteiger partial charge on any atom is 0.264 e. The van der Waals surface area contributed by atoms with Crippen LogP contribution < -0.4 is 4.74 Å². The van der Waals surface area contributed by atoms with Gasteiger partial charge in [-0.05, 0) is 24.3 Å². The molecule has 2 amide bonds. The molecule has 1 fully saturated rings. The fourth-order valence-corrected chi connectivity index (χ4v) is 4.81. The normalized spacial score (nSPS) is 15.6. The molecule has 2 aliphatic rings. The van der Waals surface area contributed by atoms with Gasteiger partial charge in [0.2, 0.25) is 0 Å². The number of hydrogen-bond acceptors (Lipinski definition) is 5. The summed E-state index contributed by atoms with van der Waals surface area (Å²) in [4.78, 5) is 30.8. The zero-order valence-electron chi connectivity index (χ0n) is 15.1. The maximum absolute atomic E-state index is 13.0. The van der Waals surface area contributed by atoms with E-state index in [1.807, 2.05) is 35.2 Å². The number of carbonyl (C=O) groups is 2. The summed E-state index contributed by atoms with van der Waals surface area (Å²) >= 11 is 1.52. The summed E-state index contributed by atoms with van der Waals surface area (Å²) in [6, 6.07) is 11.5. The number of furan rings is 1. The van der Waals surface area contributed by atoms with Gasteiger partial charge in [0.1, 0.15) is 18.6 Å². The smallest absolute Gasteiger partial charge is 0.264 e. The molecule has 28 heavy (non-hydrogen) atoms. The minimum atomic E-state index is -0.0545. The lowest BCUT2D eigenvalue weighted by Crippen LogP contribution is -2.50. The van der Waals surface area contributed by atoms with Gasteiger partial charge in [0.05, 0.1) is 16.7 Å². The third kappa shape index (κ3) is 2.88. The van der Waals surface area contributed by atoms with E-state index >= 15 is 0 Å². The van der Waals surface area contributed by atoms with Crippen molar-refractivity contribution in [1.29, 1.82) is 0 Å². The fraction of sp³-hybridized carbons (Fsp3) is 0.238. The van der Waals surface area contributed by atoms with E-state index in [-0.39, 0.29) is 11.8 Å². The molecule has 2 aliphatic heterocycles. The average Bonchev–Trinajstić information content (AvgIpc) is 3.43. The number of rotatable bonds is 2. The number of hydrogen-bond donors (Lipinski definition) is 0. The van der Waals surface area contributed by atoms with E-state index in [4.69, 9.17) is 9.15 Å². The highest BCUT2D eigenvalue weighted by Crippen LogP contribution is 2.42. The molecular formula is C21H18N2O4S. The summed E-state index contributed by atoms with van der Waals surface area (Å²) in [7, 11) is 0. The molecule has 0 spiro atoms. The van der Waals surface area contributed by atoms with Gasteiger partial charge in [0.25, 0.3) is 11.8 Å². The Kier molecular flexibility index (Phi) is 4.16. The molecule has 7 heteroatoms. The van der Waals surface area contributed by atoms with Crippen LogP contribution in [0.25, 0.3) is 10.4 Å². The number of thiophene rings is 1. The third-order valence-electron chi connectivity index (χ3n) is 5.16. The molecular weight excluding hydrogens is 376 g/mol. The molecule has 3 aromatic rings. The predicted molar refractivity (Wildman–Crippen MR) is 105 cm³/mol. The second kappa shape index (κ2) is 6.83. The Bertz CT molecular complexity index is 1030. The first-order valence-electron chi connectivity index (χ1n) is 9.16. The minimum absolute atomic E-state index is 0.0206. The lowest BCUT2D eigenvalue weighted by Gasteiger charge is -2.34. The van der Waals surface area contributed by atoms with Crippen LogP contribution >= 0.6 is 11.3 Å². The molecule has 0 atom stereocenters. The second-order valence-corrected chi connectivity index (χ2v) is 7.90. The van der Waals surface area contributed by atoms with Gasteiger partial charge in [-0.2, -0.15) is 0 Å². The van der Waals surface area contributed by atoms with Crippen LogP contribution in [0.1, 0.15) is 25.6 Å². The van der Waals surface area contributed by atoms with Crippen molar-refractivity contribution in [3.05, 3.63) is 64.9 Å². The van der Waals surface area contributed by atoms with E-state index < -0.39 is 0 Å². The van der Waals surface area contributed by atoms with Gasteiger partial charge in [0.15, 0.2) is 0 Å². The molecule has 1 aromatic carbocycles. The molecule has 4 heterocycles. The topological polar surface area (TPSA) is 63.0 Å². The maximum atomic E-state index is 13.0. The Hall–Kier alpha value is -3.06. The average molecular weight is 394 g/mol. The largest absolute Gasteiger partial charge is 0.488 e. The summed E-state index contributed by atoms with van der Waals surface area (Å²) < 4.78 is 10.8. The van der Waals surface area contributed by atoms with Crippen LogP contribution in [0.4, 0.5) is 0 Å². The number of ether oxygens (including phenoxy) is 1. The Morgan fingerprint density at radius 1 is 0.964 bits per heavy atom. The van der Waals surface area contributed by atoms with Gasteiger partial charge < -0.3 is 19.0 Å². The van der Waals surface area contributed by atoms with E-state index in [0.29, 0.717) is 38.3 Å². The molecule has 0 unspecified atom stereocenters. The van der Waals surface area contributed by atoms with Crippen LogP contribution in [0.15, 0.2) is 53.3 Å². The van der Waals surface area contributed by atoms with Crippen LogP contribution in [0.3, 0.4) is 0 Å². The van der Waals surface area contributed by atoms with Gasteiger partial charge in [0, 0.05) is 42.2 Å². The summed E-state index contributed by atoms with van der Waals surface area (Å²) in [5, 5.41) is 0. The minimum Gasteiger partial charge on any atom is -0.488 e. The Labute approximate surface area is 165 Å². The first kappa shape index (κ1) is 17.1. The van der Waals surface area contributed by atoms with Crippen LogP contribution in [0.5, 0.6) is 5.75 Å². The van der Waals surface area contributed by atoms with Crippen molar-refractivity contribution in [3.8, 4) is 16.2 Å². The summed E-state index contributed by atoms with van der Waals surface area (Å²) in [5.41, 5.74) is 2.65. The van der Waals surface area contributed by atoms with Crippen molar-refractivity contribution < 1.29 is 18.7 Å². The van der Waals surface area contributed by atoms with Crippen LogP contribution in [0, 0.1) is 0 Å². The molecule has 1 saturated heterocycles. The van der Waals surface area contributed by atoms with Crippen molar-refractivity contribution in [3.63, 3.8) is 0 Å². The highest BCUT2D eigenvalue weighted by atomic mass is 32.1. The Morgan fingerprint density at radius 3 is 2.46 bits per heavy atom. The molecule has 5 rings (SSSR count). The molecule has 0 N–H and O–H groups in total. The highest BCUT2D eigenvalue weighted by molar-refractivity contribution is 7.17. The molecule has 0 bridgehead atoms. The van der Waals surface area contributed by atoms with Gasteiger partial charge in [-0.1, -0.05) is 12.1 Å². The van der Waals surface area contributed by atoms with Crippen LogP contribution in [0.2, 0.25) is 0 Å². The molecule has 2 aromatic heterocycles. The standard InChI is InChI=1S/C21H18N2O4S/c24-20(14-5-10-26-12-14)22-6-8-23(9-7-22)21(25)18-11-15-13-27-17-4-2-1-3-16(17)19(15)28-18/h1-5,10-12H,6-9,13H2. The van der Waals surface area contributed by atoms with Crippen molar-refractivity contribution >= 4 is 23.2 Å². The number of carbonyl (C=O) groups excluding carboxylic acids is 2. The zero-order valence-corrected chi connectivity index (χ0v) is 15.9. The number of amides is 2. The number of para-hydroxylation sites is 1. The molecule has 0 radical (unpaired) electrons. The summed E-state index contributed by atoms with van der Waals surface area (Å²) in [6.07, 6.45) is 2.95. The van der Waals surface area contributed by atoms with Crippen molar-refractivity contribution in [2.45, 2.75) is 6.61 Å². The quantitative estimate of drug-likeness (QED) is 0.667. The first-order chi connectivity index (χ1) is 13.7. The van der Waals surface area contributed by atoms with Gasteiger partial charge in [-0.25, -0.2) is 0 Å². The number of fused-ring (bicyclic) bond motifs is 3. The fourth-order valence-electron chi connectivity index (χ4n) is 3.64. The van der Waals surface area contributed by atoms with E-state index in [2.05, 4.69) is 0 Å². The highest BCUT2D eigenvalue weighted by Gasteiger charge is 2.28. The molecule has 0 aliphatic carbocycles. The molecule has 6 nitrogen and oxygen atoms in total. The van der Waals surface area contributed by atoms with E-state index in [1.54, 1.807) is 11.0 Å². The van der Waals surface area contributed by atoms with E-state index in [9.17, 15) is 9.59 Å². The number of benzene rings is 1. The lowest BCUT2D eigenvalue weighted by molar-refractivity contribution is 0.0537. The number of nitrogens with zero attached hydrogens (tertiary/aromatic N) is 2. The molecule has 0 saturated carbocycles.